The Morgan fingerprint density at radius 1 is 1.03 bits per heavy atom. The summed E-state index contributed by atoms with van der Waals surface area (Å²) in [5.74, 6) is -0.0872. The van der Waals surface area contributed by atoms with Crippen LogP contribution in [-0.2, 0) is 0 Å². The summed E-state index contributed by atoms with van der Waals surface area (Å²) in [4.78, 5) is 23.6. The molecule has 0 saturated heterocycles. The third kappa shape index (κ3) is 12.3. The Morgan fingerprint density at radius 2 is 1.55 bits per heavy atom. The van der Waals surface area contributed by atoms with Crippen LogP contribution in [0.25, 0.3) is 0 Å². The number of nitrogens with zero attached hydrogens (tertiary/aromatic N) is 3. The highest BCUT2D eigenvalue weighted by Crippen LogP contribution is 2.45. The summed E-state index contributed by atoms with van der Waals surface area (Å²) in [7, 11) is 0. The molecule has 1 aromatic heterocycles. The maximum Gasteiger partial charge on any atom is 0.321 e. The second kappa shape index (κ2) is 14.0. The molecule has 2 unspecified atom stereocenters. The van der Waals surface area contributed by atoms with Crippen LogP contribution in [0.5, 0.6) is 0 Å². The van der Waals surface area contributed by atoms with Crippen LogP contribution in [0.3, 0.4) is 0 Å². The Kier molecular flexibility index (Phi) is 13.0. The molecule has 2 amide bonds. The number of nitrogens with one attached hydrogen (secondary N) is 3. The number of nitrogens with two attached hydrogens (primary N) is 2. The van der Waals surface area contributed by atoms with E-state index in [1.165, 1.54) is 12.8 Å². The number of nitrogen functional groups attached to an aromatic ring is 2. The van der Waals surface area contributed by atoms with Gasteiger partial charge in [-0.1, -0.05) is 61.3 Å². The van der Waals surface area contributed by atoms with Crippen molar-refractivity contribution in [2.45, 2.75) is 86.6 Å². The number of carbonyl (C=O) groups is 1. The first-order valence-electron chi connectivity index (χ1n) is 11.1. The number of anilines is 3. The van der Waals surface area contributed by atoms with Crippen molar-refractivity contribution in [3.05, 3.63) is 0 Å². The summed E-state index contributed by atoms with van der Waals surface area (Å²) in [6.07, 6.45) is 5.17. The van der Waals surface area contributed by atoms with Gasteiger partial charge in [0, 0.05) is 12.6 Å². The summed E-state index contributed by atoms with van der Waals surface area (Å²) >= 11 is 0. The Labute approximate surface area is 187 Å². The van der Waals surface area contributed by atoms with Crippen molar-refractivity contribution >= 4 is 23.9 Å². The number of aliphatic hydroxyl groups is 1. The zero-order chi connectivity index (χ0) is 24.1. The van der Waals surface area contributed by atoms with E-state index >= 15 is 0 Å². The van der Waals surface area contributed by atoms with Gasteiger partial charge in [0.15, 0.2) is 0 Å². The molecule has 180 valence electrons. The second-order valence-electron chi connectivity index (χ2n) is 9.23. The first-order chi connectivity index (χ1) is 14.4. The van der Waals surface area contributed by atoms with Gasteiger partial charge < -0.3 is 21.9 Å². The summed E-state index contributed by atoms with van der Waals surface area (Å²) < 4.78 is 0. The quantitative estimate of drug-likeness (QED) is 0.380. The van der Waals surface area contributed by atoms with Crippen LogP contribution in [0.2, 0.25) is 0 Å². The van der Waals surface area contributed by atoms with Crippen molar-refractivity contribution in [1.29, 1.82) is 0 Å². The molecule has 1 aliphatic rings. The Balaban J connectivity index is 0.00000134. The fourth-order valence-electron chi connectivity index (χ4n) is 4.02. The molecule has 2 rings (SSSR count). The van der Waals surface area contributed by atoms with Crippen LogP contribution in [0.15, 0.2) is 0 Å². The average molecular weight is 441 g/mol. The topological polar surface area (TPSA) is 164 Å². The van der Waals surface area contributed by atoms with Crippen molar-refractivity contribution in [3.8, 4) is 0 Å². The van der Waals surface area contributed by atoms with Gasteiger partial charge in [0.05, 0.1) is 6.73 Å². The van der Waals surface area contributed by atoms with Gasteiger partial charge >= 0.3 is 6.03 Å². The monoisotopic (exact) mass is 440 g/mol. The SMILES string of the molecule is CC1(C)CC(NC(=O)Nc2nc(N)nc(N)n2)CC(C)(CNCO)C1.CCC.CCC. The smallest absolute Gasteiger partial charge is 0.321 e. The fraction of sp³-hybridized carbons (Fsp3) is 0.810. The minimum atomic E-state index is -0.412. The van der Waals surface area contributed by atoms with E-state index in [4.69, 9.17) is 16.6 Å². The molecule has 0 bridgehead atoms. The van der Waals surface area contributed by atoms with Crippen molar-refractivity contribution in [2.24, 2.45) is 10.8 Å². The molecule has 10 heteroatoms. The van der Waals surface area contributed by atoms with E-state index in [-0.39, 0.29) is 41.4 Å². The van der Waals surface area contributed by atoms with Gasteiger partial charge in [-0.3, -0.25) is 10.6 Å². The zero-order valence-corrected chi connectivity index (χ0v) is 20.4. The molecule has 0 aromatic carbocycles. The molecule has 10 nitrogen and oxygen atoms in total. The van der Waals surface area contributed by atoms with Gasteiger partial charge in [0.25, 0.3) is 0 Å². The molecule has 1 saturated carbocycles. The molecule has 31 heavy (non-hydrogen) atoms. The number of aromatic nitrogens is 3. The molecule has 0 radical (unpaired) electrons. The van der Waals surface area contributed by atoms with Gasteiger partial charge in [-0.2, -0.15) is 15.0 Å². The predicted molar refractivity (Wildman–Crippen MR) is 127 cm³/mol. The number of aliphatic hydroxyl groups excluding tert-OH is 1. The molecule has 1 heterocycles. The maximum atomic E-state index is 12.3. The molecule has 1 aromatic rings. The third-order valence-corrected chi connectivity index (χ3v) is 4.34. The third-order valence-electron chi connectivity index (χ3n) is 4.34. The highest BCUT2D eigenvalue weighted by atomic mass is 16.3. The predicted octanol–water partition coefficient (Wildman–Crippen LogP) is 3.11. The molecular formula is C21H44N8O2. The van der Waals surface area contributed by atoms with Gasteiger partial charge in [0.2, 0.25) is 17.8 Å². The van der Waals surface area contributed by atoms with Gasteiger partial charge in [-0.25, -0.2) is 4.79 Å². The lowest BCUT2D eigenvalue weighted by Gasteiger charge is -2.47. The molecular weight excluding hydrogens is 396 g/mol. The lowest BCUT2D eigenvalue weighted by Crippen LogP contribution is -2.50. The summed E-state index contributed by atoms with van der Waals surface area (Å²) in [6, 6.07) is -0.420. The summed E-state index contributed by atoms with van der Waals surface area (Å²) in [5, 5.41) is 17.5. The minimum Gasteiger partial charge on any atom is -0.381 e. The van der Waals surface area contributed by atoms with Crippen molar-refractivity contribution in [3.63, 3.8) is 0 Å². The van der Waals surface area contributed by atoms with Gasteiger partial charge in [-0.05, 0) is 30.1 Å². The molecule has 0 aliphatic heterocycles. The van der Waals surface area contributed by atoms with Crippen molar-refractivity contribution < 1.29 is 9.90 Å². The van der Waals surface area contributed by atoms with Crippen LogP contribution in [-0.4, -0.2) is 45.4 Å². The van der Waals surface area contributed by atoms with Gasteiger partial charge in [-0.15, -0.1) is 0 Å². The standard InChI is InChI=1S/C15H28N8O2.2C3H8/c1-14(2)4-9(5-15(3,6-14)7-18-8-24)19-13(25)23-12-21-10(16)20-11(17)22-12;2*1-3-2/h9,18,24H,4-8H2,1-3H3,(H6,16,17,19,20,21,22,23,25);2*3H2,1-2H3. The van der Waals surface area contributed by atoms with E-state index in [1.807, 2.05) is 0 Å². The van der Waals surface area contributed by atoms with Crippen molar-refractivity contribution in [1.82, 2.24) is 25.6 Å². The maximum absolute atomic E-state index is 12.3. The Hall–Kier alpha value is -2.20. The van der Waals surface area contributed by atoms with Crippen LogP contribution in [0.4, 0.5) is 22.6 Å². The summed E-state index contributed by atoms with van der Waals surface area (Å²) in [5.41, 5.74) is 11.0. The van der Waals surface area contributed by atoms with E-state index in [1.54, 1.807) is 0 Å². The van der Waals surface area contributed by atoms with Crippen molar-refractivity contribution in [2.75, 3.05) is 30.1 Å². The second-order valence-corrected chi connectivity index (χ2v) is 9.23. The zero-order valence-electron chi connectivity index (χ0n) is 20.4. The van der Waals surface area contributed by atoms with E-state index in [0.717, 1.165) is 19.3 Å². The largest absolute Gasteiger partial charge is 0.381 e. The Bertz CT molecular complexity index is 634. The van der Waals surface area contributed by atoms with E-state index < -0.39 is 6.03 Å². The number of hydrogen-bond acceptors (Lipinski definition) is 8. The first kappa shape index (κ1) is 28.8. The molecule has 1 aliphatic carbocycles. The van der Waals surface area contributed by atoms with Crippen LogP contribution >= 0.6 is 0 Å². The normalized spacial score (nSPS) is 21.6. The summed E-state index contributed by atoms with van der Waals surface area (Å²) in [6.45, 7) is 15.7. The number of carbonyl (C=O) groups excluding carboxylic acids is 1. The van der Waals surface area contributed by atoms with Crippen LogP contribution in [0.1, 0.15) is 80.6 Å². The van der Waals surface area contributed by atoms with E-state index in [0.29, 0.717) is 6.54 Å². The highest BCUT2D eigenvalue weighted by molar-refractivity contribution is 5.87. The minimum absolute atomic E-state index is 0.00854. The number of urea groups is 1. The van der Waals surface area contributed by atoms with Gasteiger partial charge in [0.1, 0.15) is 0 Å². The number of amides is 2. The lowest BCUT2D eigenvalue weighted by molar-refractivity contribution is 0.0678. The lowest BCUT2D eigenvalue weighted by atomic mass is 9.62. The number of rotatable bonds is 5. The van der Waals surface area contributed by atoms with E-state index in [9.17, 15) is 4.79 Å². The molecule has 1 fully saturated rings. The number of hydrogen-bond donors (Lipinski definition) is 6. The first-order valence-corrected chi connectivity index (χ1v) is 11.1. The Morgan fingerprint density at radius 3 is 2.03 bits per heavy atom. The van der Waals surface area contributed by atoms with E-state index in [2.05, 4.69) is 79.4 Å². The molecule has 8 N–H and O–H groups in total. The highest BCUT2D eigenvalue weighted by Gasteiger charge is 2.41. The molecule has 0 spiro atoms. The average Bonchev–Trinajstić information content (AvgIpc) is 2.58. The van der Waals surface area contributed by atoms with Crippen LogP contribution in [0, 0.1) is 10.8 Å². The molecule has 2 atom stereocenters. The van der Waals surface area contributed by atoms with Crippen LogP contribution < -0.4 is 27.4 Å². The fourth-order valence-corrected chi connectivity index (χ4v) is 4.02.